The molecule has 2 saturated carbocycles. The maximum absolute atomic E-state index is 12.0. The van der Waals surface area contributed by atoms with Gasteiger partial charge in [0.05, 0.1) is 5.54 Å². The molecule has 0 heterocycles. The standard InChI is InChI=1S/C12H22N2O/c1-11(2)6-3-5-9(11)14-10(15)12(13)7-4-8-12/h9H,3-8,13H2,1-2H3,(H,14,15). The van der Waals surface area contributed by atoms with E-state index in [0.717, 1.165) is 25.7 Å². The van der Waals surface area contributed by atoms with E-state index >= 15 is 0 Å². The van der Waals surface area contributed by atoms with Gasteiger partial charge >= 0.3 is 0 Å². The summed E-state index contributed by atoms with van der Waals surface area (Å²) in [5, 5.41) is 3.15. The predicted molar refractivity (Wildman–Crippen MR) is 60.3 cm³/mol. The van der Waals surface area contributed by atoms with Gasteiger partial charge in [0.15, 0.2) is 0 Å². The molecule has 0 aromatic carbocycles. The second-order valence-corrected chi connectivity index (χ2v) is 5.92. The third-order valence-corrected chi connectivity index (χ3v) is 4.26. The molecule has 2 aliphatic rings. The van der Waals surface area contributed by atoms with Crippen molar-refractivity contribution in [3.63, 3.8) is 0 Å². The highest BCUT2D eigenvalue weighted by atomic mass is 16.2. The van der Waals surface area contributed by atoms with Crippen molar-refractivity contribution in [1.82, 2.24) is 5.32 Å². The van der Waals surface area contributed by atoms with Crippen LogP contribution in [0.15, 0.2) is 0 Å². The molecule has 1 atom stereocenters. The van der Waals surface area contributed by atoms with Crippen LogP contribution in [0.25, 0.3) is 0 Å². The van der Waals surface area contributed by atoms with Crippen molar-refractivity contribution in [3.05, 3.63) is 0 Å². The smallest absolute Gasteiger partial charge is 0.240 e. The number of nitrogens with one attached hydrogen (secondary N) is 1. The molecule has 1 unspecified atom stereocenters. The summed E-state index contributed by atoms with van der Waals surface area (Å²) in [6, 6.07) is 0.325. The molecule has 0 spiro atoms. The molecule has 1 amide bonds. The molecule has 2 rings (SSSR count). The Kier molecular flexibility index (Phi) is 2.53. The van der Waals surface area contributed by atoms with Gasteiger partial charge in [-0.15, -0.1) is 0 Å². The van der Waals surface area contributed by atoms with Gasteiger partial charge in [0.25, 0.3) is 0 Å². The number of hydrogen-bond donors (Lipinski definition) is 2. The van der Waals surface area contributed by atoms with Gasteiger partial charge < -0.3 is 11.1 Å². The van der Waals surface area contributed by atoms with E-state index in [2.05, 4.69) is 19.2 Å². The average Bonchev–Trinajstić information content (AvgIpc) is 2.42. The molecular formula is C12H22N2O. The van der Waals surface area contributed by atoms with Crippen LogP contribution < -0.4 is 11.1 Å². The largest absolute Gasteiger partial charge is 0.351 e. The Morgan fingerprint density at radius 3 is 2.33 bits per heavy atom. The van der Waals surface area contributed by atoms with Gasteiger partial charge in [-0.3, -0.25) is 4.79 Å². The second kappa shape index (κ2) is 3.48. The minimum absolute atomic E-state index is 0.0775. The zero-order chi connectivity index (χ0) is 11.1. The van der Waals surface area contributed by atoms with Gasteiger partial charge in [-0.25, -0.2) is 0 Å². The molecule has 0 radical (unpaired) electrons. The monoisotopic (exact) mass is 210 g/mol. The van der Waals surface area contributed by atoms with Gasteiger partial charge in [0.2, 0.25) is 5.91 Å². The van der Waals surface area contributed by atoms with Gasteiger partial charge in [-0.05, 0) is 37.5 Å². The molecule has 0 bridgehead atoms. The molecule has 86 valence electrons. The maximum atomic E-state index is 12.0. The lowest BCUT2D eigenvalue weighted by Crippen LogP contribution is -2.61. The van der Waals surface area contributed by atoms with Crippen LogP contribution in [0.4, 0.5) is 0 Å². The van der Waals surface area contributed by atoms with Crippen LogP contribution in [-0.4, -0.2) is 17.5 Å². The summed E-state index contributed by atoms with van der Waals surface area (Å²) in [5.74, 6) is 0.0775. The van der Waals surface area contributed by atoms with Gasteiger partial charge in [-0.2, -0.15) is 0 Å². The van der Waals surface area contributed by atoms with E-state index < -0.39 is 5.54 Å². The fraction of sp³-hybridized carbons (Fsp3) is 0.917. The van der Waals surface area contributed by atoms with Crippen molar-refractivity contribution in [1.29, 1.82) is 0 Å². The van der Waals surface area contributed by atoms with E-state index in [-0.39, 0.29) is 11.3 Å². The van der Waals surface area contributed by atoms with Crippen LogP contribution in [0.5, 0.6) is 0 Å². The zero-order valence-electron chi connectivity index (χ0n) is 9.81. The van der Waals surface area contributed by atoms with Crippen molar-refractivity contribution in [2.45, 2.75) is 64.0 Å². The van der Waals surface area contributed by atoms with E-state index in [1.165, 1.54) is 12.8 Å². The van der Waals surface area contributed by atoms with Gasteiger partial charge in [0, 0.05) is 6.04 Å². The molecule has 3 nitrogen and oxygen atoms in total. The average molecular weight is 210 g/mol. The molecule has 0 aromatic rings. The summed E-state index contributed by atoms with van der Waals surface area (Å²) in [4.78, 5) is 12.0. The Bertz CT molecular complexity index is 269. The lowest BCUT2D eigenvalue weighted by molar-refractivity contribution is -0.130. The molecular weight excluding hydrogens is 188 g/mol. The van der Waals surface area contributed by atoms with Crippen LogP contribution in [0, 0.1) is 5.41 Å². The first-order chi connectivity index (χ1) is 6.94. The molecule has 3 heteroatoms. The van der Waals surface area contributed by atoms with E-state index in [1.54, 1.807) is 0 Å². The minimum Gasteiger partial charge on any atom is -0.351 e. The van der Waals surface area contributed by atoms with E-state index in [0.29, 0.717) is 6.04 Å². The van der Waals surface area contributed by atoms with Crippen molar-refractivity contribution in [2.24, 2.45) is 11.1 Å². The van der Waals surface area contributed by atoms with Crippen LogP contribution >= 0.6 is 0 Å². The molecule has 15 heavy (non-hydrogen) atoms. The predicted octanol–water partition coefficient (Wildman–Crippen LogP) is 1.56. The summed E-state index contributed by atoms with van der Waals surface area (Å²) in [6.45, 7) is 4.46. The van der Waals surface area contributed by atoms with Crippen LogP contribution in [-0.2, 0) is 4.79 Å². The summed E-state index contributed by atoms with van der Waals surface area (Å²) < 4.78 is 0. The SMILES string of the molecule is CC1(C)CCCC1NC(=O)C1(N)CCC1. The first kappa shape index (κ1) is 10.9. The number of amides is 1. The van der Waals surface area contributed by atoms with Crippen LogP contribution in [0.1, 0.15) is 52.4 Å². The second-order valence-electron chi connectivity index (χ2n) is 5.92. The number of carbonyl (C=O) groups is 1. The fourth-order valence-corrected chi connectivity index (χ4v) is 2.68. The lowest BCUT2D eigenvalue weighted by Gasteiger charge is -2.39. The van der Waals surface area contributed by atoms with Crippen LogP contribution in [0.2, 0.25) is 0 Å². The molecule has 3 N–H and O–H groups in total. The normalized spacial score (nSPS) is 32.1. The summed E-state index contributed by atoms with van der Waals surface area (Å²) in [7, 11) is 0. The van der Waals surface area contributed by atoms with Crippen molar-refractivity contribution < 1.29 is 4.79 Å². The molecule has 0 saturated heterocycles. The molecule has 0 aromatic heterocycles. The Balaban J connectivity index is 1.94. The lowest BCUT2D eigenvalue weighted by atomic mass is 9.76. The third-order valence-electron chi connectivity index (χ3n) is 4.26. The molecule has 2 fully saturated rings. The highest BCUT2D eigenvalue weighted by Gasteiger charge is 2.43. The number of carbonyl (C=O) groups excluding carboxylic acids is 1. The number of hydrogen-bond acceptors (Lipinski definition) is 2. The third kappa shape index (κ3) is 1.89. The number of nitrogens with two attached hydrogens (primary N) is 1. The van der Waals surface area contributed by atoms with Crippen molar-refractivity contribution >= 4 is 5.91 Å². The Morgan fingerprint density at radius 1 is 1.27 bits per heavy atom. The fourth-order valence-electron chi connectivity index (χ4n) is 2.68. The van der Waals surface area contributed by atoms with Gasteiger partial charge in [0.1, 0.15) is 0 Å². The minimum atomic E-state index is -0.543. The first-order valence-electron chi connectivity index (χ1n) is 6.04. The van der Waals surface area contributed by atoms with E-state index in [4.69, 9.17) is 5.73 Å². The summed E-state index contributed by atoms with van der Waals surface area (Å²) in [6.07, 6.45) is 6.33. The highest BCUT2D eigenvalue weighted by molar-refractivity contribution is 5.87. The van der Waals surface area contributed by atoms with Crippen LogP contribution in [0.3, 0.4) is 0 Å². The Labute approximate surface area is 91.8 Å². The summed E-state index contributed by atoms with van der Waals surface area (Å²) >= 11 is 0. The topological polar surface area (TPSA) is 55.1 Å². The highest BCUT2D eigenvalue weighted by Crippen LogP contribution is 2.38. The zero-order valence-corrected chi connectivity index (χ0v) is 9.81. The number of rotatable bonds is 2. The van der Waals surface area contributed by atoms with Crippen molar-refractivity contribution in [2.75, 3.05) is 0 Å². The summed E-state index contributed by atoms with van der Waals surface area (Å²) in [5.41, 5.74) is 5.70. The molecule has 2 aliphatic carbocycles. The molecule has 0 aliphatic heterocycles. The van der Waals surface area contributed by atoms with E-state index in [9.17, 15) is 4.79 Å². The Morgan fingerprint density at radius 2 is 1.93 bits per heavy atom. The van der Waals surface area contributed by atoms with E-state index in [1.807, 2.05) is 0 Å². The quantitative estimate of drug-likeness (QED) is 0.726. The Hall–Kier alpha value is -0.570. The maximum Gasteiger partial charge on any atom is 0.240 e. The van der Waals surface area contributed by atoms with Crippen molar-refractivity contribution in [3.8, 4) is 0 Å². The first-order valence-corrected chi connectivity index (χ1v) is 6.04. The van der Waals surface area contributed by atoms with Gasteiger partial charge in [-0.1, -0.05) is 20.3 Å².